The standard InChI is InChI=1S/C25H31N3O2S2/c1-6-19-10-12-20(13-11-19)28-24(30)22-17(4)18(5)32-23(22)26-25(28)31-14-21(29)27-15(2)8-7-9-16(27)3/h10-13,15-16H,6-9,14H2,1-5H3. The van der Waals surface area contributed by atoms with Gasteiger partial charge < -0.3 is 4.90 Å². The minimum Gasteiger partial charge on any atom is -0.337 e. The van der Waals surface area contributed by atoms with Gasteiger partial charge in [-0.3, -0.25) is 14.2 Å². The van der Waals surface area contributed by atoms with Crippen LogP contribution in [-0.2, 0) is 11.2 Å². The third-order valence-corrected chi connectivity index (χ3v) is 8.61. The van der Waals surface area contributed by atoms with Gasteiger partial charge in [0.1, 0.15) is 4.83 Å². The first-order valence-corrected chi connectivity index (χ1v) is 13.2. The average molecular weight is 470 g/mol. The number of nitrogens with zero attached hydrogens (tertiary/aromatic N) is 3. The van der Waals surface area contributed by atoms with Crippen molar-refractivity contribution in [3.05, 3.63) is 50.6 Å². The highest BCUT2D eigenvalue weighted by Crippen LogP contribution is 2.30. The van der Waals surface area contributed by atoms with Gasteiger partial charge in [-0.05, 0) is 76.6 Å². The van der Waals surface area contributed by atoms with Crippen LogP contribution in [0.2, 0.25) is 0 Å². The van der Waals surface area contributed by atoms with Gasteiger partial charge in [0.2, 0.25) is 5.91 Å². The number of aromatic nitrogens is 2. The van der Waals surface area contributed by atoms with Crippen molar-refractivity contribution in [1.29, 1.82) is 0 Å². The van der Waals surface area contributed by atoms with E-state index in [1.165, 1.54) is 23.7 Å². The van der Waals surface area contributed by atoms with E-state index in [9.17, 15) is 9.59 Å². The second-order valence-electron chi connectivity index (χ2n) is 8.74. The molecule has 1 fully saturated rings. The van der Waals surface area contributed by atoms with Gasteiger partial charge in [-0.1, -0.05) is 30.8 Å². The van der Waals surface area contributed by atoms with Gasteiger partial charge in [-0.25, -0.2) is 4.98 Å². The van der Waals surface area contributed by atoms with Gasteiger partial charge in [0.05, 0.1) is 16.8 Å². The van der Waals surface area contributed by atoms with E-state index >= 15 is 0 Å². The summed E-state index contributed by atoms with van der Waals surface area (Å²) in [6, 6.07) is 8.57. The van der Waals surface area contributed by atoms with Crippen LogP contribution >= 0.6 is 23.1 Å². The molecular formula is C25H31N3O2S2. The fourth-order valence-electron chi connectivity index (χ4n) is 4.59. The van der Waals surface area contributed by atoms with Crippen molar-refractivity contribution >= 4 is 39.2 Å². The van der Waals surface area contributed by atoms with E-state index in [-0.39, 0.29) is 29.3 Å². The van der Waals surface area contributed by atoms with Crippen molar-refractivity contribution in [3.8, 4) is 5.69 Å². The lowest BCUT2D eigenvalue weighted by atomic mass is 9.98. The molecule has 0 aliphatic carbocycles. The highest BCUT2D eigenvalue weighted by Gasteiger charge is 2.29. The van der Waals surface area contributed by atoms with E-state index in [0.29, 0.717) is 10.5 Å². The fourth-order valence-corrected chi connectivity index (χ4v) is 6.55. The van der Waals surface area contributed by atoms with Crippen LogP contribution in [0.1, 0.15) is 56.0 Å². The van der Waals surface area contributed by atoms with Crippen molar-refractivity contribution < 1.29 is 4.79 Å². The van der Waals surface area contributed by atoms with Crippen LogP contribution in [0.4, 0.5) is 0 Å². The van der Waals surface area contributed by atoms with Crippen molar-refractivity contribution in [2.75, 3.05) is 5.75 Å². The summed E-state index contributed by atoms with van der Waals surface area (Å²) in [6.07, 6.45) is 4.21. The maximum atomic E-state index is 13.6. The number of likely N-dealkylation sites (tertiary alicyclic amines) is 1. The molecular weight excluding hydrogens is 438 g/mol. The van der Waals surface area contributed by atoms with Gasteiger partial charge in [0, 0.05) is 17.0 Å². The third-order valence-electron chi connectivity index (χ3n) is 6.58. The van der Waals surface area contributed by atoms with Crippen molar-refractivity contribution in [1.82, 2.24) is 14.5 Å². The number of thiophene rings is 1. The molecule has 3 heterocycles. The molecule has 2 aromatic heterocycles. The zero-order chi connectivity index (χ0) is 23.0. The Hall–Kier alpha value is -2.12. The normalized spacial score (nSPS) is 19.0. The van der Waals surface area contributed by atoms with Crippen molar-refractivity contribution in [2.24, 2.45) is 0 Å². The molecule has 7 heteroatoms. The first kappa shape index (κ1) is 23.1. The van der Waals surface area contributed by atoms with Crippen LogP contribution in [0, 0.1) is 13.8 Å². The number of thioether (sulfide) groups is 1. The lowest BCUT2D eigenvalue weighted by Crippen LogP contribution is -2.48. The van der Waals surface area contributed by atoms with Crippen LogP contribution in [0.25, 0.3) is 15.9 Å². The Bertz CT molecular complexity index is 1190. The smallest absolute Gasteiger partial charge is 0.267 e. The van der Waals surface area contributed by atoms with Gasteiger partial charge in [0.25, 0.3) is 5.56 Å². The molecule has 2 atom stereocenters. The molecule has 32 heavy (non-hydrogen) atoms. The summed E-state index contributed by atoms with van der Waals surface area (Å²) in [5.41, 5.74) is 2.94. The number of aryl methyl sites for hydroxylation is 3. The van der Waals surface area contributed by atoms with E-state index < -0.39 is 0 Å². The summed E-state index contributed by atoms with van der Waals surface area (Å²) in [6.45, 7) is 10.4. The monoisotopic (exact) mass is 469 g/mol. The molecule has 0 bridgehead atoms. The molecule has 0 spiro atoms. The molecule has 1 saturated heterocycles. The Morgan fingerprint density at radius 2 is 1.81 bits per heavy atom. The number of benzene rings is 1. The minimum atomic E-state index is -0.0595. The van der Waals surface area contributed by atoms with Gasteiger partial charge in [0.15, 0.2) is 5.16 Å². The van der Waals surface area contributed by atoms with E-state index in [4.69, 9.17) is 4.98 Å². The summed E-state index contributed by atoms with van der Waals surface area (Å²) in [7, 11) is 0. The minimum absolute atomic E-state index is 0.0595. The number of carbonyl (C=O) groups is 1. The quantitative estimate of drug-likeness (QED) is 0.365. The maximum absolute atomic E-state index is 13.6. The van der Waals surface area contributed by atoms with Crippen molar-refractivity contribution in [2.45, 2.75) is 77.5 Å². The maximum Gasteiger partial charge on any atom is 0.267 e. The largest absolute Gasteiger partial charge is 0.337 e. The Balaban J connectivity index is 1.74. The summed E-state index contributed by atoms with van der Waals surface area (Å²) < 4.78 is 1.68. The number of hydrogen-bond acceptors (Lipinski definition) is 5. The first-order chi connectivity index (χ1) is 15.3. The second-order valence-corrected chi connectivity index (χ2v) is 10.9. The molecule has 0 saturated carbocycles. The van der Waals surface area contributed by atoms with Crippen LogP contribution < -0.4 is 5.56 Å². The summed E-state index contributed by atoms with van der Waals surface area (Å²) >= 11 is 2.92. The number of carbonyl (C=O) groups excluding carboxylic acids is 1. The molecule has 0 radical (unpaired) electrons. The molecule has 1 aliphatic heterocycles. The summed E-state index contributed by atoms with van der Waals surface area (Å²) in [4.78, 5) is 35.5. The van der Waals surface area contributed by atoms with Crippen LogP contribution in [0.5, 0.6) is 0 Å². The molecule has 3 aromatic rings. The molecule has 0 N–H and O–H groups in total. The predicted molar refractivity (Wildman–Crippen MR) is 134 cm³/mol. The zero-order valence-corrected chi connectivity index (χ0v) is 21.1. The topological polar surface area (TPSA) is 55.2 Å². The van der Waals surface area contributed by atoms with Gasteiger partial charge in [-0.15, -0.1) is 11.3 Å². The highest BCUT2D eigenvalue weighted by molar-refractivity contribution is 7.99. The molecule has 2 unspecified atom stereocenters. The Labute approximate surface area is 197 Å². The fraction of sp³-hybridized carbons (Fsp3) is 0.480. The molecule has 1 amide bonds. The van der Waals surface area contributed by atoms with E-state index in [0.717, 1.165) is 40.2 Å². The average Bonchev–Trinajstić information content (AvgIpc) is 3.06. The van der Waals surface area contributed by atoms with E-state index in [2.05, 4.69) is 20.8 Å². The Morgan fingerprint density at radius 3 is 2.44 bits per heavy atom. The van der Waals surface area contributed by atoms with E-state index in [1.807, 2.05) is 43.0 Å². The van der Waals surface area contributed by atoms with Gasteiger partial charge in [-0.2, -0.15) is 0 Å². The number of amides is 1. The zero-order valence-electron chi connectivity index (χ0n) is 19.5. The number of fused-ring (bicyclic) bond motifs is 1. The third kappa shape index (κ3) is 4.25. The van der Waals surface area contributed by atoms with Crippen LogP contribution in [0.15, 0.2) is 34.2 Å². The van der Waals surface area contributed by atoms with Crippen LogP contribution in [-0.4, -0.2) is 38.2 Å². The number of piperidine rings is 1. The number of hydrogen-bond donors (Lipinski definition) is 0. The molecule has 1 aliphatic rings. The molecule has 5 nitrogen and oxygen atoms in total. The van der Waals surface area contributed by atoms with Crippen molar-refractivity contribution in [3.63, 3.8) is 0 Å². The lowest BCUT2D eigenvalue weighted by molar-refractivity contribution is -0.134. The Morgan fingerprint density at radius 1 is 1.16 bits per heavy atom. The molecule has 4 rings (SSSR count). The SMILES string of the molecule is CCc1ccc(-n2c(SCC(=O)N3C(C)CCCC3C)nc3sc(C)c(C)c3c2=O)cc1. The Kier molecular flexibility index (Phi) is 6.77. The summed E-state index contributed by atoms with van der Waals surface area (Å²) in [5.74, 6) is 0.402. The first-order valence-electron chi connectivity index (χ1n) is 11.4. The number of rotatable bonds is 5. The highest BCUT2D eigenvalue weighted by atomic mass is 32.2. The molecule has 1 aromatic carbocycles. The lowest BCUT2D eigenvalue weighted by Gasteiger charge is -2.39. The molecule has 170 valence electrons. The second kappa shape index (κ2) is 9.40. The summed E-state index contributed by atoms with van der Waals surface area (Å²) in [5, 5.41) is 1.26. The van der Waals surface area contributed by atoms with E-state index in [1.54, 1.807) is 15.9 Å². The van der Waals surface area contributed by atoms with Gasteiger partial charge >= 0.3 is 0 Å². The van der Waals surface area contributed by atoms with Crippen LogP contribution in [0.3, 0.4) is 0 Å². The predicted octanol–water partition coefficient (Wildman–Crippen LogP) is 5.51.